The van der Waals surface area contributed by atoms with E-state index in [2.05, 4.69) is 11.6 Å². The molecule has 1 aromatic rings. The predicted octanol–water partition coefficient (Wildman–Crippen LogP) is 2.45. The van der Waals surface area contributed by atoms with Gasteiger partial charge < -0.3 is 5.11 Å². The maximum Gasteiger partial charge on any atom is 0.240 e. The molecule has 3 unspecified atom stereocenters. The zero-order valence-electron chi connectivity index (χ0n) is 12.0. The molecule has 5 heteroatoms. The number of aliphatic hydroxyl groups excluding tert-OH is 1. The van der Waals surface area contributed by atoms with Gasteiger partial charge >= 0.3 is 0 Å². The highest BCUT2D eigenvalue weighted by Crippen LogP contribution is 2.30. The molecule has 0 bridgehead atoms. The van der Waals surface area contributed by atoms with Crippen molar-refractivity contribution in [2.75, 3.05) is 6.54 Å². The van der Waals surface area contributed by atoms with Crippen LogP contribution in [0.5, 0.6) is 0 Å². The van der Waals surface area contributed by atoms with Gasteiger partial charge in [-0.2, -0.15) is 0 Å². The van der Waals surface area contributed by atoms with E-state index in [9.17, 15) is 13.5 Å². The lowest BCUT2D eigenvalue weighted by atomic mass is 10.1. The SMILES string of the molecule is CC1CCC(CNS(=O)(=O)c2cccc(C(C)O)c2)C1. The van der Waals surface area contributed by atoms with Crippen molar-refractivity contribution in [2.24, 2.45) is 11.8 Å². The Morgan fingerprint density at radius 3 is 2.75 bits per heavy atom. The molecule has 4 nitrogen and oxygen atoms in total. The molecule has 1 saturated carbocycles. The highest BCUT2D eigenvalue weighted by atomic mass is 32.2. The number of hydrogen-bond acceptors (Lipinski definition) is 3. The van der Waals surface area contributed by atoms with Crippen LogP contribution in [0.3, 0.4) is 0 Å². The van der Waals surface area contributed by atoms with Crippen LogP contribution in [0.4, 0.5) is 0 Å². The number of hydrogen-bond donors (Lipinski definition) is 2. The molecule has 3 atom stereocenters. The first kappa shape index (κ1) is 15.5. The molecule has 1 fully saturated rings. The summed E-state index contributed by atoms with van der Waals surface area (Å²) < 4.78 is 27.2. The third kappa shape index (κ3) is 3.81. The maximum atomic E-state index is 12.3. The van der Waals surface area contributed by atoms with E-state index < -0.39 is 16.1 Å². The summed E-state index contributed by atoms with van der Waals surface area (Å²) >= 11 is 0. The fourth-order valence-electron chi connectivity index (χ4n) is 2.76. The van der Waals surface area contributed by atoms with E-state index in [4.69, 9.17) is 0 Å². The average Bonchev–Trinajstić information content (AvgIpc) is 2.82. The molecule has 1 aliphatic carbocycles. The third-order valence-electron chi connectivity index (χ3n) is 4.02. The third-order valence-corrected chi connectivity index (χ3v) is 5.44. The Balaban J connectivity index is 2.04. The topological polar surface area (TPSA) is 66.4 Å². The van der Waals surface area contributed by atoms with Crippen LogP contribution >= 0.6 is 0 Å². The first-order chi connectivity index (χ1) is 9.38. The van der Waals surface area contributed by atoms with Crippen LogP contribution in [0.1, 0.15) is 44.8 Å². The number of benzene rings is 1. The van der Waals surface area contributed by atoms with E-state index in [0.717, 1.165) is 12.8 Å². The van der Waals surface area contributed by atoms with Gasteiger partial charge in [0, 0.05) is 6.54 Å². The monoisotopic (exact) mass is 297 g/mol. The lowest BCUT2D eigenvalue weighted by Gasteiger charge is -2.13. The summed E-state index contributed by atoms with van der Waals surface area (Å²) in [7, 11) is -3.48. The van der Waals surface area contributed by atoms with Crippen molar-refractivity contribution in [2.45, 2.75) is 44.1 Å². The minimum atomic E-state index is -3.48. The molecule has 112 valence electrons. The molecule has 0 spiro atoms. The van der Waals surface area contributed by atoms with Gasteiger partial charge in [-0.3, -0.25) is 0 Å². The quantitative estimate of drug-likeness (QED) is 0.877. The Bertz CT molecular complexity index is 554. The van der Waals surface area contributed by atoms with Crippen molar-refractivity contribution in [1.29, 1.82) is 0 Å². The van der Waals surface area contributed by atoms with Gasteiger partial charge in [-0.05, 0) is 49.3 Å². The van der Waals surface area contributed by atoms with E-state index in [0.29, 0.717) is 23.9 Å². The lowest BCUT2D eigenvalue weighted by Crippen LogP contribution is -2.28. The Labute approximate surface area is 121 Å². The number of sulfonamides is 1. The lowest BCUT2D eigenvalue weighted by molar-refractivity contribution is 0.199. The second kappa shape index (κ2) is 6.24. The predicted molar refractivity (Wildman–Crippen MR) is 78.8 cm³/mol. The van der Waals surface area contributed by atoms with Crippen molar-refractivity contribution in [3.8, 4) is 0 Å². The first-order valence-electron chi connectivity index (χ1n) is 7.16. The summed E-state index contributed by atoms with van der Waals surface area (Å²) in [6.45, 7) is 4.34. The molecule has 0 saturated heterocycles. The van der Waals surface area contributed by atoms with Gasteiger partial charge in [-0.25, -0.2) is 13.1 Å². The highest BCUT2D eigenvalue weighted by Gasteiger charge is 2.23. The van der Waals surface area contributed by atoms with Crippen molar-refractivity contribution in [3.63, 3.8) is 0 Å². The van der Waals surface area contributed by atoms with Crippen LogP contribution < -0.4 is 4.72 Å². The Morgan fingerprint density at radius 2 is 2.15 bits per heavy atom. The van der Waals surface area contributed by atoms with E-state index in [-0.39, 0.29) is 4.90 Å². The molecule has 0 amide bonds. The van der Waals surface area contributed by atoms with Crippen LogP contribution in [0, 0.1) is 11.8 Å². The molecule has 20 heavy (non-hydrogen) atoms. The highest BCUT2D eigenvalue weighted by molar-refractivity contribution is 7.89. The maximum absolute atomic E-state index is 12.3. The fourth-order valence-corrected chi connectivity index (χ4v) is 3.93. The minimum Gasteiger partial charge on any atom is -0.389 e. The number of rotatable bonds is 5. The van der Waals surface area contributed by atoms with Crippen LogP contribution in [-0.4, -0.2) is 20.1 Å². The van der Waals surface area contributed by atoms with Gasteiger partial charge in [-0.15, -0.1) is 0 Å². The average molecular weight is 297 g/mol. The van der Waals surface area contributed by atoms with E-state index in [1.165, 1.54) is 12.5 Å². The van der Waals surface area contributed by atoms with Gasteiger partial charge in [0.15, 0.2) is 0 Å². The second-order valence-corrected chi connectivity index (χ2v) is 7.65. The molecule has 2 N–H and O–H groups in total. The molecule has 0 heterocycles. The van der Waals surface area contributed by atoms with E-state index >= 15 is 0 Å². The fraction of sp³-hybridized carbons (Fsp3) is 0.600. The van der Waals surface area contributed by atoms with Gasteiger partial charge in [0.2, 0.25) is 10.0 Å². The van der Waals surface area contributed by atoms with Crippen LogP contribution in [-0.2, 0) is 10.0 Å². The van der Waals surface area contributed by atoms with E-state index in [1.807, 2.05) is 0 Å². The number of aliphatic hydroxyl groups is 1. The molecule has 0 radical (unpaired) electrons. The molecule has 2 rings (SSSR count). The summed E-state index contributed by atoms with van der Waals surface area (Å²) in [6.07, 6.45) is 2.71. The molecule has 1 aromatic carbocycles. The van der Waals surface area contributed by atoms with E-state index in [1.54, 1.807) is 25.1 Å². The van der Waals surface area contributed by atoms with Crippen LogP contribution in [0.2, 0.25) is 0 Å². The Morgan fingerprint density at radius 1 is 1.40 bits per heavy atom. The minimum absolute atomic E-state index is 0.224. The smallest absolute Gasteiger partial charge is 0.240 e. The molecule has 0 aromatic heterocycles. The summed E-state index contributed by atoms with van der Waals surface area (Å²) in [5.41, 5.74) is 0.613. The van der Waals surface area contributed by atoms with Crippen molar-refractivity contribution < 1.29 is 13.5 Å². The van der Waals surface area contributed by atoms with Gasteiger partial charge in [-0.1, -0.05) is 25.5 Å². The van der Waals surface area contributed by atoms with Crippen molar-refractivity contribution in [1.82, 2.24) is 4.72 Å². The largest absolute Gasteiger partial charge is 0.389 e. The van der Waals surface area contributed by atoms with Crippen LogP contribution in [0.15, 0.2) is 29.2 Å². The standard InChI is InChI=1S/C15H23NO3S/c1-11-6-7-13(8-11)10-16-20(18,19)15-5-3-4-14(9-15)12(2)17/h3-5,9,11-13,16-17H,6-8,10H2,1-2H3. The summed E-state index contributed by atoms with van der Waals surface area (Å²) in [5.74, 6) is 1.14. The van der Waals surface area contributed by atoms with Crippen molar-refractivity contribution >= 4 is 10.0 Å². The zero-order valence-corrected chi connectivity index (χ0v) is 12.9. The Kier molecular flexibility index (Phi) is 4.83. The van der Waals surface area contributed by atoms with Crippen molar-refractivity contribution in [3.05, 3.63) is 29.8 Å². The van der Waals surface area contributed by atoms with Gasteiger partial charge in [0.25, 0.3) is 0 Å². The summed E-state index contributed by atoms with van der Waals surface area (Å²) in [6, 6.07) is 6.48. The summed E-state index contributed by atoms with van der Waals surface area (Å²) in [5, 5.41) is 9.53. The molecular weight excluding hydrogens is 274 g/mol. The molecular formula is C15H23NO3S. The Hall–Kier alpha value is -0.910. The normalized spacial score (nSPS) is 24.8. The second-order valence-electron chi connectivity index (χ2n) is 5.88. The molecule has 0 aliphatic heterocycles. The van der Waals surface area contributed by atoms with Crippen LogP contribution in [0.25, 0.3) is 0 Å². The van der Waals surface area contributed by atoms with Gasteiger partial charge in [0.1, 0.15) is 0 Å². The first-order valence-corrected chi connectivity index (χ1v) is 8.64. The summed E-state index contributed by atoms with van der Waals surface area (Å²) in [4.78, 5) is 0.224. The van der Waals surface area contributed by atoms with Gasteiger partial charge in [0.05, 0.1) is 11.0 Å². The zero-order chi connectivity index (χ0) is 14.8. The molecule has 1 aliphatic rings. The number of nitrogens with one attached hydrogen (secondary N) is 1.